The van der Waals surface area contributed by atoms with Crippen LogP contribution < -0.4 is 0 Å². The molecule has 0 saturated heterocycles. The van der Waals surface area contributed by atoms with Crippen LogP contribution >= 0.6 is 0 Å². The number of hydrogen-bond donors (Lipinski definition) is 1. The first-order chi connectivity index (χ1) is 9.66. The summed E-state index contributed by atoms with van der Waals surface area (Å²) in [6.07, 6.45) is 7.70. The molecule has 20 heavy (non-hydrogen) atoms. The Bertz CT molecular complexity index is 462. The van der Waals surface area contributed by atoms with Gasteiger partial charge in [0.15, 0.2) is 0 Å². The van der Waals surface area contributed by atoms with Crippen LogP contribution in [0.2, 0.25) is 0 Å². The Labute approximate surface area is 122 Å². The standard InChI is InChI=1S/C18H27NO/c1-13(2)12-19(14-6-3-4-7-14)17-11-10-16-15(17)8-5-9-18(16)20/h5,8-9,13-14,17,20H,3-4,6-7,10-12H2,1-2H3. The van der Waals surface area contributed by atoms with Gasteiger partial charge >= 0.3 is 0 Å². The topological polar surface area (TPSA) is 23.5 Å². The molecule has 1 fully saturated rings. The number of rotatable bonds is 4. The molecule has 1 aromatic carbocycles. The summed E-state index contributed by atoms with van der Waals surface area (Å²) in [5.41, 5.74) is 2.59. The van der Waals surface area contributed by atoms with E-state index in [9.17, 15) is 5.11 Å². The van der Waals surface area contributed by atoms with Crippen molar-refractivity contribution in [2.45, 2.75) is 64.5 Å². The van der Waals surface area contributed by atoms with Crippen LogP contribution in [0.4, 0.5) is 0 Å². The van der Waals surface area contributed by atoms with Crippen LogP contribution in [0.3, 0.4) is 0 Å². The first kappa shape index (κ1) is 13.9. The Balaban J connectivity index is 1.87. The smallest absolute Gasteiger partial charge is 0.119 e. The van der Waals surface area contributed by atoms with Gasteiger partial charge in [-0.25, -0.2) is 0 Å². The van der Waals surface area contributed by atoms with Crippen LogP contribution in [0.5, 0.6) is 5.75 Å². The van der Waals surface area contributed by atoms with E-state index in [1.807, 2.05) is 12.1 Å². The fourth-order valence-electron chi connectivity index (χ4n) is 4.15. The van der Waals surface area contributed by atoms with Crippen molar-refractivity contribution in [2.24, 2.45) is 5.92 Å². The van der Waals surface area contributed by atoms with E-state index in [1.165, 1.54) is 49.8 Å². The van der Waals surface area contributed by atoms with Crippen molar-refractivity contribution < 1.29 is 5.11 Å². The monoisotopic (exact) mass is 273 g/mol. The average molecular weight is 273 g/mol. The third-order valence-corrected chi connectivity index (χ3v) is 4.98. The minimum Gasteiger partial charge on any atom is -0.508 e. The molecule has 1 unspecified atom stereocenters. The summed E-state index contributed by atoms with van der Waals surface area (Å²) in [6, 6.07) is 7.37. The van der Waals surface area contributed by atoms with Crippen LogP contribution in [0, 0.1) is 5.92 Å². The molecule has 0 bridgehead atoms. The van der Waals surface area contributed by atoms with Crippen LogP contribution in [0.25, 0.3) is 0 Å². The molecule has 2 heteroatoms. The van der Waals surface area contributed by atoms with E-state index in [0.29, 0.717) is 17.7 Å². The zero-order valence-electron chi connectivity index (χ0n) is 12.8. The largest absolute Gasteiger partial charge is 0.508 e. The summed E-state index contributed by atoms with van der Waals surface area (Å²) < 4.78 is 0. The SMILES string of the molecule is CC(C)CN(C1CCCC1)C1CCc2c(O)cccc21. The number of aromatic hydroxyl groups is 1. The summed E-state index contributed by atoms with van der Waals surface area (Å²) in [6.45, 7) is 5.82. The lowest BCUT2D eigenvalue weighted by Crippen LogP contribution is -2.38. The van der Waals surface area contributed by atoms with Gasteiger partial charge in [0, 0.05) is 18.6 Å². The van der Waals surface area contributed by atoms with Gasteiger partial charge in [-0.2, -0.15) is 0 Å². The summed E-state index contributed by atoms with van der Waals surface area (Å²) in [5, 5.41) is 10.1. The Kier molecular flexibility index (Phi) is 4.02. The summed E-state index contributed by atoms with van der Waals surface area (Å²) >= 11 is 0. The van der Waals surface area contributed by atoms with Gasteiger partial charge in [0.25, 0.3) is 0 Å². The molecule has 1 N–H and O–H groups in total. The Morgan fingerprint density at radius 2 is 1.95 bits per heavy atom. The predicted molar refractivity (Wildman–Crippen MR) is 83.0 cm³/mol. The van der Waals surface area contributed by atoms with Gasteiger partial charge in [-0.15, -0.1) is 0 Å². The summed E-state index contributed by atoms with van der Waals surface area (Å²) in [5.74, 6) is 1.21. The van der Waals surface area contributed by atoms with Crippen molar-refractivity contribution in [2.75, 3.05) is 6.54 Å². The lowest BCUT2D eigenvalue weighted by molar-refractivity contribution is 0.118. The molecule has 0 aromatic heterocycles. The Hall–Kier alpha value is -1.02. The number of fused-ring (bicyclic) bond motifs is 1. The van der Waals surface area contributed by atoms with Crippen molar-refractivity contribution in [3.8, 4) is 5.75 Å². The highest BCUT2D eigenvalue weighted by Gasteiger charge is 2.34. The van der Waals surface area contributed by atoms with Gasteiger partial charge in [0.2, 0.25) is 0 Å². The van der Waals surface area contributed by atoms with Crippen molar-refractivity contribution in [3.05, 3.63) is 29.3 Å². The normalized spacial score (nSPS) is 22.9. The molecular formula is C18H27NO. The number of phenolic OH excluding ortho intramolecular Hbond substituents is 1. The molecular weight excluding hydrogens is 246 g/mol. The van der Waals surface area contributed by atoms with E-state index in [1.54, 1.807) is 0 Å². The molecule has 0 radical (unpaired) electrons. The van der Waals surface area contributed by atoms with E-state index >= 15 is 0 Å². The molecule has 0 aliphatic heterocycles. The van der Waals surface area contributed by atoms with Crippen LogP contribution in [0.15, 0.2) is 18.2 Å². The van der Waals surface area contributed by atoms with Crippen LogP contribution in [-0.2, 0) is 6.42 Å². The molecule has 0 spiro atoms. The van der Waals surface area contributed by atoms with Crippen molar-refractivity contribution in [3.63, 3.8) is 0 Å². The molecule has 0 heterocycles. The Morgan fingerprint density at radius 1 is 1.20 bits per heavy atom. The van der Waals surface area contributed by atoms with E-state index in [-0.39, 0.29) is 0 Å². The zero-order chi connectivity index (χ0) is 14.1. The molecule has 1 atom stereocenters. The van der Waals surface area contributed by atoms with Gasteiger partial charge in [-0.3, -0.25) is 4.90 Å². The van der Waals surface area contributed by atoms with Crippen molar-refractivity contribution in [1.29, 1.82) is 0 Å². The van der Waals surface area contributed by atoms with Crippen LogP contribution in [0.1, 0.15) is 63.1 Å². The Morgan fingerprint density at radius 3 is 2.65 bits per heavy atom. The molecule has 1 aromatic rings. The minimum absolute atomic E-state index is 0.501. The highest BCUT2D eigenvalue weighted by atomic mass is 16.3. The second-order valence-electron chi connectivity index (χ2n) is 6.93. The van der Waals surface area contributed by atoms with Crippen molar-refractivity contribution >= 4 is 0 Å². The second-order valence-corrected chi connectivity index (χ2v) is 6.93. The summed E-state index contributed by atoms with van der Waals surface area (Å²) in [7, 11) is 0. The van der Waals surface area contributed by atoms with E-state index in [4.69, 9.17) is 0 Å². The molecule has 2 aliphatic carbocycles. The number of hydrogen-bond acceptors (Lipinski definition) is 2. The molecule has 110 valence electrons. The average Bonchev–Trinajstić information content (AvgIpc) is 3.06. The van der Waals surface area contributed by atoms with Gasteiger partial charge < -0.3 is 5.11 Å². The van der Waals surface area contributed by atoms with E-state index in [2.05, 4.69) is 24.8 Å². The molecule has 0 amide bonds. The zero-order valence-corrected chi connectivity index (χ0v) is 12.8. The lowest BCUT2D eigenvalue weighted by Gasteiger charge is -2.36. The molecule has 1 saturated carbocycles. The first-order valence-electron chi connectivity index (χ1n) is 8.23. The maximum absolute atomic E-state index is 10.1. The van der Waals surface area contributed by atoms with Gasteiger partial charge in [0.1, 0.15) is 5.75 Å². The maximum Gasteiger partial charge on any atom is 0.119 e. The second kappa shape index (κ2) is 5.77. The molecule has 2 aliphatic rings. The molecule has 2 nitrogen and oxygen atoms in total. The lowest BCUT2D eigenvalue weighted by atomic mass is 10.0. The molecule has 3 rings (SSSR count). The number of nitrogens with zero attached hydrogens (tertiary/aromatic N) is 1. The van der Waals surface area contributed by atoms with Gasteiger partial charge in [0.05, 0.1) is 0 Å². The fourth-order valence-corrected chi connectivity index (χ4v) is 4.15. The highest BCUT2D eigenvalue weighted by molar-refractivity contribution is 5.44. The van der Waals surface area contributed by atoms with Crippen molar-refractivity contribution in [1.82, 2.24) is 4.90 Å². The number of benzene rings is 1. The van der Waals surface area contributed by atoms with Crippen LogP contribution in [-0.4, -0.2) is 22.6 Å². The van der Waals surface area contributed by atoms with Gasteiger partial charge in [-0.1, -0.05) is 38.8 Å². The van der Waals surface area contributed by atoms with Gasteiger partial charge in [-0.05, 0) is 48.8 Å². The highest BCUT2D eigenvalue weighted by Crippen LogP contribution is 2.42. The third kappa shape index (κ3) is 2.58. The predicted octanol–water partition coefficient (Wildman–Crippen LogP) is 4.28. The minimum atomic E-state index is 0.501. The van der Waals surface area contributed by atoms with E-state index in [0.717, 1.165) is 12.5 Å². The third-order valence-electron chi connectivity index (χ3n) is 4.98. The maximum atomic E-state index is 10.1. The number of phenols is 1. The first-order valence-corrected chi connectivity index (χ1v) is 8.23. The fraction of sp³-hybridized carbons (Fsp3) is 0.667. The summed E-state index contributed by atoms with van der Waals surface area (Å²) in [4.78, 5) is 2.75. The van der Waals surface area contributed by atoms with E-state index < -0.39 is 0 Å². The quantitative estimate of drug-likeness (QED) is 0.885.